The lowest BCUT2D eigenvalue weighted by Crippen LogP contribution is -2.51. The zero-order valence-electron chi connectivity index (χ0n) is 17.2. The summed E-state index contributed by atoms with van der Waals surface area (Å²) in [6.07, 6.45) is 1.89. The number of rotatable bonds is 5. The van der Waals surface area contributed by atoms with E-state index in [1.165, 1.54) is 30.3 Å². The number of benzene rings is 2. The van der Waals surface area contributed by atoms with E-state index in [1.54, 1.807) is 22.8 Å². The average molecular weight is 446 g/mol. The van der Waals surface area contributed by atoms with Crippen LogP contribution in [-0.4, -0.2) is 56.2 Å². The first-order valence-electron chi connectivity index (χ1n) is 10.2. The molecule has 1 aliphatic carbocycles. The van der Waals surface area contributed by atoms with E-state index in [1.807, 2.05) is 0 Å². The van der Waals surface area contributed by atoms with Crippen LogP contribution < -0.4 is 4.72 Å². The molecule has 2 aliphatic rings. The fraction of sp³-hybridized carbons (Fsp3) is 0.364. The maximum absolute atomic E-state index is 13.9. The van der Waals surface area contributed by atoms with Crippen LogP contribution >= 0.6 is 0 Å². The summed E-state index contributed by atoms with van der Waals surface area (Å²) in [7, 11) is -4.08. The van der Waals surface area contributed by atoms with Gasteiger partial charge in [-0.2, -0.15) is 0 Å². The second-order valence-corrected chi connectivity index (χ2v) is 9.64. The number of amides is 2. The number of halogens is 1. The number of sulfonamides is 1. The summed E-state index contributed by atoms with van der Waals surface area (Å²) in [6.45, 7) is 3.50. The van der Waals surface area contributed by atoms with Crippen LogP contribution in [0.15, 0.2) is 47.4 Å². The van der Waals surface area contributed by atoms with Gasteiger partial charge in [0, 0.05) is 37.7 Å². The van der Waals surface area contributed by atoms with E-state index in [9.17, 15) is 22.4 Å². The van der Waals surface area contributed by atoms with Crippen molar-refractivity contribution in [2.24, 2.45) is 5.92 Å². The molecule has 2 fully saturated rings. The van der Waals surface area contributed by atoms with Gasteiger partial charge in [-0.15, -0.1) is 0 Å². The Morgan fingerprint density at radius 2 is 1.65 bits per heavy atom. The monoisotopic (exact) mass is 445 g/mol. The van der Waals surface area contributed by atoms with Crippen LogP contribution in [0.25, 0.3) is 0 Å². The van der Waals surface area contributed by atoms with E-state index in [4.69, 9.17) is 0 Å². The van der Waals surface area contributed by atoms with Crippen molar-refractivity contribution in [3.63, 3.8) is 0 Å². The van der Waals surface area contributed by atoms with Gasteiger partial charge in [0.2, 0.25) is 5.91 Å². The van der Waals surface area contributed by atoms with Crippen LogP contribution in [0.3, 0.4) is 0 Å². The molecule has 0 atom stereocenters. The third-order valence-corrected chi connectivity index (χ3v) is 7.04. The highest BCUT2D eigenvalue weighted by atomic mass is 32.2. The molecular weight excluding hydrogens is 421 g/mol. The summed E-state index contributed by atoms with van der Waals surface area (Å²) in [5, 5.41) is 0. The molecule has 0 spiro atoms. The second kappa shape index (κ2) is 8.30. The van der Waals surface area contributed by atoms with E-state index in [-0.39, 0.29) is 33.9 Å². The van der Waals surface area contributed by atoms with E-state index in [0.717, 1.165) is 18.9 Å². The van der Waals surface area contributed by atoms with Gasteiger partial charge in [0.1, 0.15) is 5.82 Å². The molecule has 1 heterocycles. The summed E-state index contributed by atoms with van der Waals surface area (Å²) in [5.74, 6) is -0.656. The third-order valence-electron chi connectivity index (χ3n) is 5.67. The lowest BCUT2D eigenvalue weighted by Gasteiger charge is -2.35. The van der Waals surface area contributed by atoms with Crippen LogP contribution in [0.4, 0.5) is 10.1 Å². The molecule has 9 heteroatoms. The number of nitrogens with zero attached hydrogens (tertiary/aromatic N) is 2. The van der Waals surface area contributed by atoms with Crippen LogP contribution in [0.5, 0.6) is 0 Å². The Morgan fingerprint density at radius 3 is 2.29 bits per heavy atom. The Labute approximate surface area is 180 Å². The van der Waals surface area contributed by atoms with Gasteiger partial charge < -0.3 is 9.80 Å². The molecule has 0 unspecified atom stereocenters. The van der Waals surface area contributed by atoms with Crippen molar-refractivity contribution in [3.05, 3.63) is 59.4 Å². The highest BCUT2D eigenvalue weighted by Crippen LogP contribution is 2.31. The minimum absolute atomic E-state index is 0.118. The van der Waals surface area contributed by atoms with Gasteiger partial charge in [-0.1, -0.05) is 18.2 Å². The maximum Gasteiger partial charge on any atom is 0.262 e. The predicted octanol–water partition coefficient (Wildman–Crippen LogP) is 2.63. The van der Waals surface area contributed by atoms with Gasteiger partial charge in [0.05, 0.1) is 10.6 Å². The SMILES string of the molecule is Cc1ccc(S(=O)(=O)Nc2ccccc2F)cc1C(=O)N1CCN(C(=O)C2CC2)CC1. The summed E-state index contributed by atoms with van der Waals surface area (Å²) in [4.78, 5) is 28.6. The van der Waals surface area contributed by atoms with Crippen molar-refractivity contribution in [1.82, 2.24) is 9.80 Å². The van der Waals surface area contributed by atoms with Crippen molar-refractivity contribution in [3.8, 4) is 0 Å². The minimum atomic E-state index is -4.08. The first-order chi connectivity index (χ1) is 14.8. The Balaban J connectivity index is 1.50. The zero-order valence-corrected chi connectivity index (χ0v) is 18.0. The van der Waals surface area contributed by atoms with Crippen LogP contribution in [0.1, 0.15) is 28.8 Å². The van der Waals surface area contributed by atoms with Crippen molar-refractivity contribution in [2.45, 2.75) is 24.7 Å². The third kappa shape index (κ3) is 4.56. The lowest BCUT2D eigenvalue weighted by molar-refractivity contribution is -0.134. The molecule has 31 heavy (non-hydrogen) atoms. The predicted molar refractivity (Wildman–Crippen MR) is 114 cm³/mol. The number of nitrogens with one attached hydrogen (secondary N) is 1. The number of carbonyl (C=O) groups is 2. The molecule has 0 radical (unpaired) electrons. The van der Waals surface area contributed by atoms with Gasteiger partial charge in [-0.3, -0.25) is 14.3 Å². The quantitative estimate of drug-likeness (QED) is 0.767. The largest absolute Gasteiger partial charge is 0.339 e. The molecule has 0 aromatic heterocycles. The zero-order chi connectivity index (χ0) is 22.2. The van der Waals surface area contributed by atoms with Crippen LogP contribution in [-0.2, 0) is 14.8 Å². The van der Waals surface area contributed by atoms with Crippen molar-refractivity contribution in [2.75, 3.05) is 30.9 Å². The van der Waals surface area contributed by atoms with Gasteiger partial charge in [-0.05, 0) is 49.6 Å². The summed E-state index contributed by atoms with van der Waals surface area (Å²) in [5.41, 5.74) is 0.761. The number of hydrogen-bond acceptors (Lipinski definition) is 4. The number of piperazine rings is 1. The molecule has 1 saturated carbocycles. The molecule has 0 bridgehead atoms. The number of carbonyl (C=O) groups excluding carboxylic acids is 2. The normalized spacial score (nSPS) is 16.8. The van der Waals surface area contributed by atoms with Crippen LogP contribution in [0.2, 0.25) is 0 Å². The summed E-state index contributed by atoms with van der Waals surface area (Å²) in [6, 6.07) is 9.76. The Morgan fingerprint density at radius 1 is 1.00 bits per heavy atom. The van der Waals surface area contributed by atoms with Crippen molar-refractivity contribution < 1.29 is 22.4 Å². The summed E-state index contributed by atoms with van der Waals surface area (Å²) >= 11 is 0. The molecule has 4 rings (SSSR count). The first-order valence-corrected chi connectivity index (χ1v) is 11.7. The number of para-hydroxylation sites is 1. The van der Waals surface area contributed by atoms with Gasteiger partial charge in [0.25, 0.3) is 15.9 Å². The highest BCUT2D eigenvalue weighted by molar-refractivity contribution is 7.92. The van der Waals surface area contributed by atoms with Gasteiger partial charge >= 0.3 is 0 Å². The molecule has 1 saturated heterocycles. The van der Waals surface area contributed by atoms with E-state index in [2.05, 4.69) is 4.72 Å². The molecular formula is C22H24FN3O4S. The first kappa shape index (κ1) is 21.3. The standard InChI is InChI=1S/C22H24FN3O4S/c1-15-6-9-17(31(29,30)24-20-5-3-2-4-19(20)23)14-18(15)22(28)26-12-10-25(11-13-26)21(27)16-7-8-16/h2-6,9,14,16,24H,7-8,10-13H2,1H3. The van der Waals surface area contributed by atoms with Gasteiger partial charge in [0.15, 0.2) is 0 Å². The molecule has 2 aromatic rings. The minimum Gasteiger partial charge on any atom is -0.339 e. The molecule has 164 valence electrons. The lowest BCUT2D eigenvalue weighted by atomic mass is 10.1. The average Bonchev–Trinajstić information content (AvgIpc) is 3.60. The maximum atomic E-state index is 13.9. The van der Waals surface area contributed by atoms with E-state index in [0.29, 0.717) is 31.7 Å². The highest BCUT2D eigenvalue weighted by Gasteiger charge is 2.35. The number of hydrogen-bond donors (Lipinski definition) is 1. The fourth-order valence-corrected chi connectivity index (χ4v) is 4.73. The van der Waals surface area contributed by atoms with Gasteiger partial charge in [-0.25, -0.2) is 12.8 Å². The number of anilines is 1. The van der Waals surface area contributed by atoms with Crippen molar-refractivity contribution >= 4 is 27.5 Å². The molecule has 2 aromatic carbocycles. The Bertz CT molecular complexity index is 1120. The molecule has 1 aliphatic heterocycles. The topological polar surface area (TPSA) is 86.8 Å². The Hall–Kier alpha value is -2.94. The molecule has 1 N–H and O–H groups in total. The summed E-state index contributed by atoms with van der Waals surface area (Å²) < 4.78 is 41.6. The fourth-order valence-electron chi connectivity index (χ4n) is 3.64. The Kier molecular flexibility index (Phi) is 5.70. The van der Waals surface area contributed by atoms with E-state index >= 15 is 0 Å². The second-order valence-electron chi connectivity index (χ2n) is 7.95. The number of aryl methyl sites for hydroxylation is 1. The van der Waals surface area contributed by atoms with E-state index < -0.39 is 15.8 Å². The molecule has 2 amide bonds. The van der Waals surface area contributed by atoms with Crippen LogP contribution in [0, 0.1) is 18.7 Å². The smallest absolute Gasteiger partial charge is 0.262 e. The van der Waals surface area contributed by atoms with Crippen molar-refractivity contribution in [1.29, 1.82) is 0 Å². The molecule has 7 nitrogen and oxygen atoms in total.